The summed E-state index contributed by atoms with van der Waals surface area (Å²) in [7, 11) is 0. The highest BCUT2D eigenvalue weighted by Crippen LogP contribution is 2.31. The maximum atomic E-state index is 6.13. The molecule has 0 spiro atoms. The summed E-state index contributed by atoms with van der Waals surface area (Å²) in [6.45, 7) is 2.07. The minimum atomic E-state index is 0.0298. The molecule has 0 bridgehead atoms. The number of fused-ring (bicyclic) bond motifs is 1. The Labute approximate surface area is 142 Å². The number of aromatic amines is 1. The van der Waals surface area contributed by atoms with Crippen LogP contribution in [0.5, 0.6) is 0 Å². The van der Waals surface area contributed by atoms with E-state index in [1.807, 2.05) is 34.9 Å². The third-order valence-corrected chi connectivity index (χ3v) is 4.73. The summed E-state index contributed by atoms with van der Waals surface area (Å²) in [4.78, 5) is 3.16. The van der Waals surface area contributed by atoms with Gasteiger partial charge in [0, 0.05) is 5.02 Å². The molecule has 1 aromatic heterocycles. The first kappa shape index (κ1) is 14.9. The van der Waals surface area contributed by atoms with Crippen molar-refractivity contribution < 1.29 is 0 Å². The molecule has 21 heavy (non-hydrogen) atoms. The summed E-state index contributed by atoms with van der Waals surface area (Å²) >= 11 is 23.7. The second-order valence-electron chi connectivity index (χ2n) is 4.81. The first-order valence-corrected chi connectivity index (χ1v) is 7.86. The molecule has 0 saturated carbocycles. The molecule has 1 atom stereocenters. The molecule has 108 valence electrons. The quantitative estimate of drug-likeness (QED) is 0.536. The Morgan fingerprint density at radius 2 is 1.81 bits per heavy atom. The largest absolute Gasteiger partial charge is 0.331 e. The van der Waals surface area contributed by atoms with Crippen LogP contribution in [0.1, 0.15) is 18.5 Å². The SMILES string of the molecule is CC(c1cccc(Cl)c1)n1c(=S)[nH]c2cc(Cl)c(Cl)cc21. The zero-order valence-corrected chi connectivity index (χ0v) is 14.1. The highest BCUT2D eigenvalue weighted by atomic mass is 35.5. The zero-order chi connectivity index (χ0) is 15.1. The number of hydrogen-bond acceptors (Lipinski definition) is 1. The van der Waals surface area contributed by atoms with Crippen LogP contribution < -0.4 is 0 Å². The van der Waals surface area contributed by atoms with Crippen LogP contribution in [0.2, 0.25) is 15.1 Å². The van der Waals surface area contributed by atoms with E-state index in [1.54, 1.807) is 6.07 Å². The van der Waals surface area contributed by atoms with E-state index in [1.165, 1.54) is 0 Å². The molecular weight excluding hydrogens is 347 g/mol. The molecule has 0 aliphatic carbocycles. The van der Waals surface area contributed by atoms with E-state index in [0.717, 1.165) is 16.6 Å². The van der Waals surface area contributed by atoms with E-state index in [0.29, 0.717) is 19.8 Å². The van der Waals surface area contributed by atoms with E-state index in [-0.39, 0.29) is 6.04 Å². The van der Waals surface area contributed by atoms with Gasteiger partial charge in [-0.1, -0.05) is 46.9 Å². The smallest absolute Gasteiger partial charge is 0.178 e. The molecule has 1 unspecified atom stereocenters. The summed E-state index contributed by atoms with van der Waals surface area (Å²) < 4.78 is 2.63. The van der Waals surface area contributed by atoms with E-state index < -0.39 is 0 Å². The zero-order valence-electron chi connectivity index (χ0n) is 11.0. The maximum absolute atomic E-state index is 6.13. The number of nitrogens with zero attached hydrogens (tertiary/aromatic N) is 1. The van der Waals surface area contributed by atoms with Crippen molar-refractivity contribution in [3.05, 3.63) is 61.8 Å². The Hall–Kier alpha value is -1.000. The molecule has 2 nitrogen and oxygen atoms in total. The summed E-state index contributed by atoms with van der Waals surface area (Å²) in [5.74, 6) is 0. The van der Waals surface area contributed by atoms with Crippen LogP contribution in [-0.2, 0) is 0 Å². The fourth-order valence-electron chi connectivity index (χ4n) is 2.42. The molecule has 3 rings (SSSR count). The molecule has 1 heterocycles. The number of halogens is 3. The van der Waals surface area contributed by atoms with E-state index in [9.17, 15) is 0 Å². The number of aromatic nitrogens is 2. The fourth-order valence-corrected chi connectivity index (χ4v) is 3.31. The molecule has 2 aromatic carbocycles. The van der Waals surface area contributed by atoms with Gasteiger partial charge in [-0.25, -0.2) is 0 Å². The highest BCUT2D eigenvalue weighted by molar-refractivity contribution is 7.71. The standard InChI is InChI=1S/C15H11Cl3N2S/c1-8(9-3-2-4-10(16)5-9)20-14-7-12(18)11(17)6-13(14)19-15(20)21/h2-8H,1H3,(H,19,21). The molecule has 0 aliphatic rings. The van der Waals surface area contributed by atoms with E-state index >= 15 is 0 Å². The highest BCUT2D eigenvalue weighted by Gasteiger charge is 2.15. The molecule has 0 saturated heterocycles. The van der Waals surface area contributed by atoms with Crippen molar-refractivity contribution in [3.63, 3.8) is 0 Å². The average molecular weight is 358 g/mol. The summed E-state index contributed by atoms with van der Waals surface area (Å²) in [5.41, 5.74) is 2.86. The molecule has 0 radical (unpaired) electrons. The van der Waals surface area contributed by atoms with Crippen LogP contribution in [0, 0.1) is 4.77 Å². The monoisotopic (exact) mass is 356 g/mol. The third kappa shape index (κ3) is 2.71. The van der Waals surface area contributed by atoms with Gasteiger partial charge in [0.25, 0.3) is 0 Å². The van der Waals surface area contributed by atoms with Crippen LogP contribution >= 0.6 is 47.0 Å². The van der Waals surface area contributed by atoms with Gasteiger partial charge in [-0.3, -0.25) is 0 Å². The number of benzene rings is 2. The number of imidazole rings is 1. The van der Waals surface area contributed by atoms with Gasteiger partial charge in [0.15, 0.2) is 4.77 Å². The molecule has 0 aliphatic heterocycles. The third-order valence-electron chi connectivity index (χ3n) is 3.48. The summed E-state index contributed by atoms with van der Waals surface area (Å²) in [6.07, 6.45) is 0. The summed E-state index contributed by atoms with van der Waals surface area (Å²) in [5, 5.41) is 1.71. The van der Waals surface area contributed by atoms with Crippen LogP contribution in [-0.4, -0.2) is 9.55 Å². The minimum absolute atomic E-state index is 0.0298. The van der Waals surface area contributed by atoms with E-state index in [4.69, 9.17) is 47.0 Å². The first-order chi connectivity index (χ1) is 9.97. The Morgan fingerprint density at radius 3 is 2.52 bits per heavy atom. The Bertz CT molecular complexity index is 882. The van der Waals surface area contributed by atoms with Crippen molar-refractivity contribution in [1.29, 1.82) is 0 Å². The lowest BCUT2D eigenvalue weighted by Crippen LogP contribution is -2.06. The second kappa shape index (κ2) is 5.65. The normalized spacial score (nSPS) is 12.8. The van der Waals surface area contributed by atoms with E-state index in [2.05, 4.69) is 11.9 Å². The Balaban J connectivity index is 2.22. The molecule has 3 aromatic rings. The first-order valence-electron chi connectivity index (χ1n) is 6.32. The van der Waals surface area contributed by atoms with Gasteiger partial charge in [-0.15, -0.1) is 0 Å². The van der Waals surface area contributed by atoms with Crippen molar-refractivity contribution in [1.82, 2.24) is 9.55 Å². The van der Waals surface area contributed by atoms with Gasteiger partial charge in [-0.05, 0) is 49.0 Å². The van der Waals surface area contributed by atoms with Crippen molar-refractivity contribution in [2.24, 2.45) is 0 Å². The molecule has 6 heteroatoms. The molecule has 0 fully saturated rings. The topological polar surface area (TPSA) is 20.7 Å². The molecule has 0 amide bonds. The summed E-state index contributed by atoms with van der Waals surface area (Å²) in [6, 6.07) is 11.4. The van der Waals surface area contributed by atoms with Gasteiger partial charge >= 0.3 is 0 Å². The lowest BCUT2D eigenvalue weighted by atomic mass is 10.1. The minimum Gasteiger partial charge on any atom is -0.331 e. The van der Waals surface area contributed by atoms with Gasteiger partial charge in [0.05, 0.1) is 27.1 Å². The lowest BCUT2D eigenvalue weighted by Gasteiger charge is -2.15. The number of hydrogen-bond donors (Lipinski definition) is 1. The Morgan fingerprint density at radius 1 is 1.10 bits per heavy atom. The van der Waals surface area contributed by atoms with Crippen LogP contribution in [0.15, 0.2) is 36.4 Å². The number of rotatable bonds is 2. The van der Waals surface area contributed by atoms with Crippen molar-refractivity contribution in [3.8, 4) is 0 Å². The van der Waals surface area contributed by atoms with Gasteiger partial charge in [-0.2, -0.15) is 0 Å². The predicted octanol–water partition coefficient (Wildman–Crippen LogP) is 6.27. The van der Waals surface area contributed by atoms with Crippen molar-refractivity contribution in [2.45, 2.75) is 13.0 Å². The van der Waals surface area contributed by atoms with Crippen molar-refractivity contribution >= 4 is 58.1 Å². The van der Waals surface area contributed by atoms with Crippen LogP contribution in [0.25, 0.3) is 11.0 Å². The molecule has 1 N–H and O–H groups in total. The predicted molar refractivity (Wildman–Crippen MR) is 92.4 cm³/mol. The van der Waals surface area contributed by atoms with Crippen LogP contribution in [0.3, 0.4) is 0 Å². The molecular formula is C15H11Cl3N2S. The number of nitrogens with one attached hydrogen (secondary N) is 1. The van der Waals surface area contributed by atoms with Gasteiger partial charge in [0.1, 0.15) is 0 Å². The number of H-pyrrole nitrogens is 1. The average Bonchev–Trinajstić information content (AvgIpc) is 2.74. The van der Waals surface area contributed by atoms with Gasteiger partial charge < -0.3 is 9.55 Å². The van der Waals surface area contributed by atoms with Crippen LogP contribution in [0.4, 0.5) is 0 Å². The fraction of sp³-hybridized carbons (Fsp3) is 0.133. The van der Waals surface area contributed by atoms with Gasteiger partial charge in [0.2, 0.25) is 0 Å². The lowest BCUT2D eigenvalue weighted by molar-refractivity contribution is 0.649. The second-order valence-corrected chi connectivity index (χ2v) is 6.45. The Kier molecular flexibility index (Phi) is 4.02. The van der Waals surface area contributed by atoms with Crippen molar-refractivity contribution in [2.75, 3.05) is 0 Å². The maximum Gasteiger partial charge on any atom is 0.178 e.